The van der Waals surface area contributed by atoms with Crippen molar-refractivity contribution in [2.45, 2.75) is 38.6 Å². The molecule has 3 heteroatoms. The molecule has 2 nitrogen and oxygen atoms in total. The first-order valence-corrected chi connectivity index (χ1v) is 8.85. The Morgan fingerprint density at radius 1 is 1.24 bits per heavy atom. The van der Waals surface area contributed by atoms with E-state index >= 15 is 0 Å². The number of benzene rings is 1. The summed E-state index contributed by atoms with van der Waals surface area (Å²) in [6.45, 7) is 2.14. The number of rotatable bonds is 3. The molecule has 0 radical (unpaired) electrons. The molecular weight excluding hydrogens is 280 g/mol. The second kappa shape index (κ2) is 4.25. The fourth-order valence-electron chi connectivity index (χ4n) is 5.48. The van der Waals surface area contributed by atoms with Crippen molar-refractivity contribution < 1.29 is 0 Å². The third kappa shape index (κ3) is 1.63. The maximum Gasteiger partial charge on any atom is 0.111 e. The summed E-state index contributed by atoms with van der Waals surface area (Å²) < 4.78 is 2.57. The fourth-order valence-corrected chi connectivity index (χ4v) is 5.65. The smallest absolute Gasteiger partial charge is 0.111 e. The first kappa shape index (κ1) is 12.5. The van der Waals surface area contributed by atoms with Gasteiger partial charge in [0.2, 0.25) is 0 Å². The monoisotopic (exact) mass is 300 g/mol. The van der Waals surface area contributed by atoms with Crippen LogP contribution >= 0.6 is 11.6 Å². The summed E-state index contributed by atoms with van der Waals surface area (Å²) in [6.07, 6.45) is 5.33. The molecule has 0 saturated heterocycles. The normalized spacial score (nSPS) is 36.4. The fraction of sp³-hybridized carbons (Fsp3) is 0.611. The number of fused-ring (bicyclic) bond motifs is 6. The van der Waals surface area contributed by atoms with Gasteiger partial charge >= 0.3 is 0 Å². The van der Waals surface area contributed by atoms with Crippen LogP contribution in [-0.4, -0.2) is 15.4 Å². The van der Waals surface area contributed by atoms with Gasteiger partial charge in [-0.1, -0.05) is 6.07 Å². The van der Waals surface area contributed by atoms with E-state index in [2.05, 4.69) is 29.7 Å². The Balaban J connectivity index is 1.63. The van der Waals surface area contributed by atoms with Crippen LogP contribution in [-0.2, 0) is 6.42 Å². The van der Waals surface area contributed by atoms with Crippen molar-refractivity contribution in [3.05, 3.63) is 29.6 Å². The zero-order chi connectivity index (χ0) is 14.1. The average molecular weight is 301 g/mol. The van der Waals surface area contributed by atoms with Crippen LogP contribution in [0.1, 0.15) is 36.7 Å². The summed E-state index contributed by atoms with van der Waals surface area (Å²) in [4.78, 5) is 4.90. The van der Waals surface area contributed by atoms with Crippen molar-refractivity contribution >= 4 is 22.6 Å². The Morgan fingerprint density at radius 2 is 2.00 bits per heavy atom. The van der Waals surface area contributed by atoms with Crippen LogP contribution in [0, 0.1) is 30.6 Å². The predicted octanol–water partition coefficient (Wildman–Crippen LogP) is 4.34. The summed E-state index contributed by atoms with van der Waals surface area (Å²) in [5.41, 5.74) is 3.78. The van der Waals surface area contributed by atoms with Crippen LogP contribution in [0.5, 0.6) is 0 Å². The molecule has 0 amide bonds. The molecule has 4 atom stereocenters. The van der Waals surface area contributed by atoms with E-state index in [1.54, 1.807) is 0 Å². The Hall–Kier alpha value is -1.02. The second-order valence-corrected chi connectivity index (χ2v) is 7.69. The molecular formula is C18H21ClN2. The van der Waals surface area contributed by atoms with E-state index in [0.717, 1.165) is 41.7 Å². The lowest BCUT2D eigenvalue weighted by Gasteiger charge is -2.14. The molecule has 5 rings (SSSR count). The van der Waals surface area contributed by atoms with E-state index in [1.165, 1.54) is 36.2 Å². The van der Waals surface area contributed by atoms with Gasteiger partial charge in [-0.3, -0.25) is 0 Å². The van der Waals surface area contributed by atoms with E-state index < -0.39 is 0 Å². The van der Waals surface area contributed by atoms with Gasteiger partial charge in [-0.05, 0) is 67.6 Å². The van der Waals surface area contributed by atoms with Crippen molar-refractivity contribution in [3.8, 4) is 0 Å². The number of aryl methyl sites for hydroxylation is 2. The highest BCUT2D eigenvalue weighted by Gasteiger charge is 2.66. The molecule has 3 aliphatic carbocycles. The largest absolute Gasteiger partial charge is 0.324 e. The predicted molar refractivity (Wildman–Crippen MR) is 85.7 cm³/mol. The molecule has 3 aliphatic rings. The molecule has 2 aromatic rings. The Labute approximate surface area is 130 Å². The Bertz CT molecular complexity index is 703. The quantitative estimate of drug-likeness (QED) is 0.771. The molecule has 1 heterocycles. The van der Waals surface area contributed by atoms with Gasteiger partial charge < -0.3 is 4.57 Å². The second-order valence-electron chi connectivity index (χ2n) is 7.31. The molecule has 1 aromatic heterocycles. The van der Waals surface area contributed by atoms with Gasteiger partial charge in [-0.15, -0.1) is 11.6 Å². The zero-order valence-electron chi connectivity index (χ0n) is 12.4. The molecule has 0 spiro atoms. The molecule has 4 unspecified atom stereocenters. The number of imidazole rings is 1. The highest BCUT2D eigenvalue weighted by Crippen LogP contribution is 2.71. The maximum absolute atomic E-state index is 6.03. The molecule has 1 aromatic carbocycles. The van der Waals surface area contributed by atoms with Crippen LogP contribution in [0.4, 0.5) is 0 Å². The molecule has 110 valence electrons. The minimum Gasteiger partial charge on any atom is -0.324 e. The third-order valence-electron chi connectivity index (χ3n) is 6.23. The Morgan fingerprint density at radius 3 is 2.71 bits per heavy atom. The van der Waals surface area contributed by atoms with Gasteiger partial charge in [0.1, 0.15) is 5.82 Å². The van der Waals surface area contributed by atoms with Gasteiger partial charge in [0.25, 0.3) is 0 Å². The average Bonchev–Trinajstić information content (AvgIpc) is 2.82. The topological polar surface area (TPSA) is 17.8 Å². The van der Waals surface area contributed by atoms with Crippen molar-refractivity contribution in [1.29, 1.82) is 0 Å². The van der Waals surface area contributed by atoms with Crippen molar-refractivity contribution in [3.63, 3.8) is 0 Å². The summed E-state index contributed by atoms with van der Waals surface area (Å²) in [6, 6.07) is 7.43. The highest BCUT2D eigenvalue weighted by molar-refractivity contribution is 6.17. The Kier molecular flexibility index (Phi) is 2.54. The van der Waals surface area contributed by atoms with E-state index in [4.69, 9.17) is 16.6 Å². The van der Waals surface area contributed by atoms with Crippen molar-refractivity contribution in [2.75, 3.05) is 5.88 Å². The summed E-state index contributed by atoms with van der Waals surface area (Å²) >= 11 is 6.03. The number of nitrogens with zero attached hydrogens (tertiary/aromatic N) is 2. The van der Waals surface area contributed by atoms with Crippen LogP contribution in [0.2, 0.25) is 0 Å². The molecule has 3 fully saturated rings. The number of hydrogen-bond acceptors (Lipinski definition) is 1. The van der Waals surface area contributed by atoms with E-state index in [0.29, 0.717) is 5.88 Å². The minimum atomic E-state index is 0.664. The van der Waals surface area contributed by atoms with E-state index in [-0.39, 0.29) is 0 Å². The zero-order valence-corrected chi connectivity index (χ0v) is 13.2. The van der Waals surface area contributed by atoms with Gasteiger partial charge in [0, 0.05) is 18.3 Å². The van der Waals surface area contributed by atoms with E-state index in [1.807, 2.05) is 0 Å². The lowest BCUT2D eigenvalue weighted by atomic mass is 10.0. The number of aromatic nitrogens is 2. The third-order valence-corrected chi connectivity index (χ3v) is 6.42. The van der Waals surface area contributed by atoms with Gasteiger partial charge in [0.05, 0.1) is 11.0 Å². The molecule has 3 saturated carbocycles. The van der Waals surface area contributed by atoms with Crippen LogP contribution in [0.25, 0.3) is 11.0 Å². The molecule has 21 heavy (non-hydrogen) atoms. The SMILES string of the molecule is Cc1ccc2c(c1)nc(CCCl)n2C1C2C3CCC(C3)C21. The van der Waals surface area contributed by atoms with Crippen molar-refractivity contribution in [2.24, 2.45) is 23.7 Å². The maximum atomic E-state index is 6.03. The van der Waals surface area contributed by atoms with Crippen LogP contribution < -0.4 is 0 Å². The lowest BCUT2D eigenvalue weighted by Crippen LogP contribution is -2.09. The summed E-state index contributed by atoms with van der Waals surface area (Å²) in [5, 5.41) is 0. The first-order valence-electron chi connectivity index (χ1n) is 8.31. The number of halogens is 1. The van der Waals surface area contributed by atoms with Crippen LogP contribution in [0.15, 0.2) is 18.2 Å². The number of hydrogen-bond donors (Lipinski definition) is 0. The highest BCUT2D eigenvalue weighted by atomic mass is 35.5. The first-order chi connectivity index (χ1) is 10.3. The summed E-state index contributed by atoms with van der Waals surface area (Å²) in [7, 11) is 0. The number of alkyl halides is 1. The van der Waals surface area contributed by atoms with Gasteiger partial charge in [0.15, 0.2) is 0 Å². The lowest BCUT2D eigenvalue weighted by molar-refractivity contribution is 0.452. The van der Waals surface area contributed by atoms with Crippen LogP contribution in [0.3, 0.4) is 0 Å². The van der Waals surface area contributed by atoms with Gasteiger partial charge in [-0.25, -0.2) is 4.98 Å². The van der Waals surface area contributed by atoms with E-state index in [9.17, 15) is 0 Å². The minimum absolute atomic E-state index is 0.664. The molecule has 2 bridgehead atoms. The van der Waals surface area contributed by atoms with Gasteiger partial charge in [-0.2, -0.15) is 0 Å². The standard InChI is InChI=1S/C18H21ClN2/c1-10-2-5-14-13(8-10)20-15(6-7-19)21(14)18-16-11-3-4-12(9-11)17(16)18/h2,5,8,11-12,16-18H,3-4,6-7,9H2,1H3. The van der Waals surface area contributed by atoms with Crippen molar-refractivity contribution in [1.82, 2.24) is 9.55 Å². The summed E-state index contributed by atoms with van der Waals surface area (Å²) in [5.74, 6) is 5.75. The molecule has 0 aliphatic heterocycles. The molecule has 0 N–H and O–H groups in total.